The van der Waals surface area contributed by atoms with Gasteiger partial charge in [0, 0.05) is 18.1 Å². The van der Waals surface area contributed by atoms with Crippen molar-refractivity contribution in [1.29, 1.82) is 0 Å². The molecule has 0 saturated carbocycles. The molecule has 2 unspecified atom stereocenters. The number of hydrogen-bond donors (Lipinski definition) is 2. The largest absolute Gasteiger partial charge is 0.478 e. The molecule has 0 aliphatic heterocycles. The summed E-state index contributed by atoms with van der Waals surface area (Å²) in [5.74, 6) is -1.91. The Bertz CT molecular complexity index is 907. The summed E-state index contributed by atoms with van der Waals surface area (Å²) in [6, 6.07) is 14.0. The van der Waals surface area contributed by atoms with Gasteiger partial charge in [-0.1, -0.05) is 37.3 Å². The Morgan fingerprint density at radius 2 is 1.67 bits per heavy atom. The summed E-state index contributed by atoms with van der Waals surface area (Å²) >= 11 is 0. The predicted octanol–water partition coefficient (Wildman–Crippen LogP) is 4.28. The van der Waals surface area contributed by atoms with Crippen LogP contribution in [0.15, 0.2) is 54.6 Å². The molecule has 160 valence electrons. The van der Waals surface area contributed by atoms with Crippen molar-refractivity contribution in [3.8, 4) is 0 Å². The molecule has 2 N–H and O–H groups in total. The molecule has 2 atom stereocenters. The van der Waals surface area contributed by atoms with Gasteiger partial charge in [0.05, 0.1) is 0 Å². The normalized spacial score (nSPS) is 17.5. The molecule has 0 saturated heterocycles. The minimum Gasteiger partial charge on any atom is -0.478 e. The quantitative estimate of drug-likeness (QED) is 0.716. The van der Waals surface area contributed by atoms with Crippen molar-refractivity contribution < 1.29 is 24.2 Å². The molecule has 0 spiro atoms. The van der Waals surface area contributed by atoms with Crippen LogP contribution < -0.4 is 0 Å². The number of nitrogens with zero attached hydrogens (tertiary/aromatic N) is 1. The summed E-state index contributed by atoms with van der Waals surface area (Å²) in [7, 11) is 4.19. The molecular weight excluding hydrogens is 385 g/mol. The molecule has 2 aromatic carbocycles. The first-order valence-corrected chi connectivity index (χ1v) is 9.84. The zero-order valence-corrected chi connectivity index (χ0v) is 17.5. The van der Waals surface area contributed by atoms with Crippen molar-refractivity contribution in [2.75, 3.05) is 20.6 Å². The van der Waals surface area contributed by atoms with E-state index in [2.05, 4.69) is 50.2 Å². The Morgan fingerprint density at radius 1 is 1.03 bits per heavy atom. The van der Waals surface area contributed by atoms with Gasteiger partial charge in [0.1, 0.15) is 5.82 Å². The van der Waals surface area contributed by atoms with Crippen LogP contribution in [0, 0.1) is 5.82 Å². The highest BCUT2D eigenvalue weighted by atomic mass is 19.1. The lowest BCUT2D eigenvalue weighted by Crippen LogP contribution is -2.17. The summed E-state index contributed by atoms with van der Waals surface area (Å²) in [4.78, 5) is 21.3. The van der Waals surface area contributed by atoms with Crippen LogP contribution in [0.25, 0.3) is 0 Å². The van der Waals surface area contributed by atoms with Gasteiger partial charge in [-0.15, -0.1) is 0 Å². The highest BCUT2D eigenvalue weighted by molar-refractivity contribution is 5.89. The lowest BCUT2D eigenvalue weighted by atomic mass is 9.86. The van der Waals surface area contributed by atoms with E-state index >= 15 is 0 Å². The number of rotatable bonds is 5. The van der Waals surface area contributed by atoms with Gasteiger partial charge in [-0.25, -0.2) is 14.0 Å². The van der Waals surface area contributed by atoms with Crippen LogP contribution >= 0.6 is 0 Å². The first kappa shape index (κ1) is 23.3. The second kappa shape index (κ2) is 10.7. The maximum atomic E-state index is 13.8. The van der Waals surface area contributed by atoms with Gasteiger partial charge in [-0.05, 0) is 73.8 Å². The molecule has 30 heavy (non-hydrogen) atoms. The number of benzene rings is 2. The smallest absolute Gasteiger partial charge is 0.328 e. The van der Waals surface area contributed by atoms with E-state index in [1.807, 2.05) is 6.07 Å². The zero-order chi connectivity index (χ0) is 22.3. The maximum Gasteiger partial charge on any atom is 0.328 e. The van der Waals surface area contributed by atoms with Gasteiger partial charge in [0.25, 0.3) is 0 Å². The second-order valence-electron chi connectivity index (χ2n) is 7.70. The first-order chi connectivity index (χ1) is 14.2. The van der Waals surface area contributed by atoms with Crippen LogP contribution in [0.4, 0.5) is 4.39 Å². The molecule has 0 fully saturated rings. The number of carbonyl (C=O) groups is 2. The predicted molar refractivity (Wildman–Crippen MR) is 114 cm³/mol. The van der Waals surface area contributed by atoms with E-state index < -0.39 is 11.9 Å². The number of carboxylic acid groups (broad SMARTS) is 2. The topological polar surface area (TPSA) is 77.8 Å². The fraction of sp³-hybridized carbons (Fsp3) is 0.333. The van der Waals surface area contributed by atoms with E-state index in [0.29, 0.717) is 24.0 Å². The van der Waals surface area contributed by atoms with E-state index in [1.165, 1.54) is 22.3 Å². The monoisotopic (exact) mass is 413 g/mol. The number of hydrogen-bond acceptors (Lipinski definition) is 3. The minimum atomic E-state index is -1.26. The van der Waals surface area contributed by atoms with Crippen LogP contribution in [0.1, 0.15) is 47.4 Å². The molecule has 1 aliphatic rings. The third kappa shape index (κ3) is 6.52. The molecule has 1 aliphatic carbocycles. The second-order valence-corrected chi connectivity index (χ2v) is 7.70. The van der Waals surface area contributed by atoms with E-state index in [9.17, 15) is 14.0 Å². The molecule has 6 heteroatoms. The van der Waals surface area contributed by atoms with Gasteiger partial charge in [0.2, 0.25) is 0 Å². The van der Waals surface area contributed by atoms with E-state index in [4.69, 9.17) is 10.2 Å². The summed E-state index contributed by atoms with van der Waals surface area (Å²) in [5.41, 5.74) is 5.29. The van der Waals surface area contributed by atoms with Crippen LogP contribution in [-0.2, 0) is 16.0 Å². The van der Waals surface area contributed by atoms with E-state index in [0.717, 1.165) is 19.4 Å². The Labute approximate surface area is 176 Å². The Kier molecular flexibility index (Phi) is 8.30. The fourth-order valence-corrected chi connectivity index (χ4v) is 3.79. The zero-order valence-electron chi connectivity index (χ0n) is 17.5. The van der Waals surface area contributed by atoms with Crippen LogP contribution in [0.3, 0.4) is 0 Å². The summed E-state index contributed by atoms with van der Waals surface area (Å²) in [5, 5.41) is 15.6. The fourth-order valence-electron chi connectivity index (χ4n) is 3.79. The van der Waals surface area contributed by atoms with Crippen molar-refractivity contribution in [3.63, 3.8) is 0 Å². The van der Waals surface area contributed by atoms with Gasteiger partial charge in [-0.3, -0.25) is 0 Å². The third-order valence-corrected chi connectivity index (χ3v) is 5.24. The maximum absolute atomic E-state index is 13.8. The molecule has 3 rings (SSSR count). The Hall–Kier alpha value is -2.99. The van der Waals surface area contributed by atoms with Crippen LogP contribution in [0.2, 0.25) is 0 Å². The lowest BCUT2D eigenvalue weighted by molar-refractivity contribution is -0.134. The summed E-state index contributed by atoms with van der Waals surface area (Å²) in [6.45, 7) is 3.26. The molecular formula is C24H28FNO4. The van der Waals surface area contributed by atoms with Crippen molar-refractivity contribution >= 4 is 11.9 Å². The number of halogens is 1. The molecule has 2 aromatic rings. The lowest BCUT2D eigenvalue weighted by Gasteiger charge is -2.21. The Morgan fingerprint density at radius 3 is 2.27 bits per heavy atom. The molecule has 0 aromatic heterocycles. The van der Waals surface area contributed by atoms with Gasteiger partial charge < -0.3 is 15.1 Å². The standard InChI is InChI=1S/C20H24FN.C4H4O4/c1-14-18-7-5-4-6-15(18)12-16(10-11-22(2)3)20-13-17(21)8-9-19(14)20;5-3(6)1-2-4(7)8/h4-9,13-14,16H,10-12H2,1-3H3;1-2H,(H,5,6)(H,7,8). The minimum absolute atomic E-state index is 0.119. The number of aliphatic carboxylic acids is 2. The average molecular weight is 413 g/mol. The van der Waals surface area contributed by atoms with Gasteiger partial charge in [-0.2, -0.15) is 0 Å². The van der Waals surface area contributed by atoms with Crippen molar-refractivity contribution in [1.82, 2.24) is 4.90 Å². The van der Waals surface area contributed by atoms with Gasteiger partial charge in [0.15, 0.2) is 0 Å². The number of fused-ring (bicyclic) bond motifs is 2. The van der Waals surface area contributed by atoms with Crippen molar-refractivity contribution in [2.24, 2.45) is 0 Å². The third-order valence-electron chi connectivity index (χ3n) is 5.24. The average Bonchev–Trinajstić information content (AvgIpc) is 2.80. The Balaban J connectivity index is 0.000000343. The van der Waals surface area contributed by atoms with Crippen molar-refractivity contribution in [2.45, 2.75) is 31.6 Å². The van der Waals surface area contributed by atoms with Gasteiger partial charge >= 0.3 is 11.9 Å². The molecule has 0 amide bonds. The summed E-state index contributed by atoms with van der Waals surface area (Å²) < 4.78 is 13.8. The summed E-state index contributed by atoms with van der Waals surface area (Å²) in [6.07, 6.45) is 3.18. The van der Waals surface area contributed by atoms with Crippen LogP contribution in [0.5, 0.6) is 0 Å². The van der Waals surface area contributed by atoms with Crippen LogP contribution in [-0.4, -0.2) is 47.7 Å². The first-order valence-electron chi connectivity index (χ1n) is 9.84. The highest BCUT2D eigenvalue weighted by Crippen LogP contribution is 2.40. The molecule has 0 bridgehead atoms. The molecule has 0 radical (unpaired) electrons. The van der Waals surface area contributed by atoms with Crippen molar-refractivity contribution in [3.05, 3.63) is 82.7 Å². The molecule has 0 heterocycles. The van der Waals surface area contributed by atoms with E-state index in [-0.39, 0.29) is 5.82 Å². The SMILES string of the molecule is CC1c2ccccc2CC(CCN(C)C)c2cc(F)ccc21.O=C(O)C=CC(=O)O. The molecule has 5 nitrogen and oxygen atoms in total. The highest BCUT2D eigenvalue weighted by Gasteiger charge is 2.26. The number of carboxylic acids is 2. The van der Waals surface area contributed by atoms with E-state index in [1.54, 1.807) is 12.1 Å².